The highest BCUT2D eigenvalue weighted by molar-refractivity contribution is 8.14. The van der Waals surface area contributed by atoms with Crippen LogP contribution in [0, 0.1) is 0 Å². The molecule has 1 aromatic rings. The first-order valence-corrected chi connectivity index (χ1v) is 6.68. The molecule has 0 saturated heterocycles. The number of hydrogen-bond donors (Lipinski definition) is 1. The number of amides is 1. The molecule has 0 unspecified atom stereocenters. The fourth-order valence-corrected chi connectivity index (χ4v) is 2.48. The minimum absolute atomic E-state index is 0.211. The van der Waals surface area contributed by atoms with Gasteiger partial charge in [-0.15, -0.1) is 0 Å². The summed E-state index contributed by atoms with van der Waals surface area (Å²) in [5.41, 5.74) is 0. The van der Waals surface area contributed by atoms with Gasteiger partial charge in [-0.2, -0.15) is 0 Å². The molecular formula is C12H12N2O3S. The van der Waals surface area contributed by atoms with Gasteiger partial charge >= 0.3 is 0 Å². The van der Waals surface area contributed by atoms with Gasteiger partial charge in [0, 0.05) is 5.75 Å². The smallest absolute Gasteiger partial charge is 0.270 e. The second kappa shape index (κ2) is 4.89. The van der Waals surface area contributed by atoms with Gasteiger partial charge in [-0.05, 0) is 12.1 Å². The summed E-state index contributed by atoms with van der Waals surface area (Å²) in [5.74, 6) is 1.98. The number of ether oxygens (including phenoxy) is 2. The van der Waals surface area contributed by atoms with Crippen LogP contribution < -0.4 is 14.8 Å². The largest absolute Gasteiger partial charge is 0.485 e. The average molecular weight is 264 g/mol. The Morgan fingerprint density at radius 3 is 3.00 bits per heavy atom. The van der Waals surface area contributed by atoms with E-state index >= 15 is 0 Å². The minimum atomic E-state index is -0.621. The number of benzene rings is 1. The van der Waals surface area contributed by atoms with Crippen molar-refractivity contribution >= 4 is 22.8 Å². The number of thioether (sulfide) groups is 1. The molecule has 0 fully saturated rings. The Labute approximate surface area is 109 Å². The molecule has 0 saturated carbocycles. The molecule has 6 heteroatoms. The molecule has 3 rings (SSSR count). The number of para-hydroxylation sites is 2. The number of nitrogens with zero attached hydrogens (tertiary/aromatic N) is 1. The second-order valence-electron chi connectivity index (χ2n) is 3.89. The quantitative estimate of drug-likeness (QED) is 0.823. The molecule has 0 aliphatic carbocycles. The highest BCUT2D eigenvalue weighted by Gasteiger charge is 2.28. The normalized spacial score (nSPS) is 21.3. The zero-order valence-corrected chi connectivity index (χ0v) is 10.4. The van der Waals surface area contributed by atoms with E-state index in [1.165, 1.54) is 0 Å². The van der Waals surface area contributed by atoms with Crippen LogP contribution in [0.3, 0.4) is 0 Å². The molecule has 0 radical (unpaired) electrons. The Morgan fingerprint density at radius 2 is 2.22 bits per heavy atom. The average Bonchev–Trinajstić information content (AvgIpc) is 2.91. The van der Waals surface area contributed by atoms with Gasteiger partial charge in [0.25, 0.3) is 5.91 Å². The van der Waals surface area contributed by atoms with E-state index in [2.05, 4.69) is 10.3 Å². The lowest BCUT2D eigenvalue weighted by Crippen LogP contribution is -2.45. The molecule has 1 atom stereocenters. The molecule has 94 valence electrons. The first-order chi connectivity index (χ1) is 8.83. The summed E-state index contributed by atoms with van der Waals surface area (Å²) in [6.07, 6.45) is -0.621. The lowest BCUT2D eigenvalue weighted by atomic mass is 10.2. The summed E-state index contributed by atoms with van der Waals surface area (Å²) >= 11 is 1.54. The lowest BCUT2D eigenvalue weighted by Gasteiger charge is -2.25. The van der Waals surface area contributed by atoms with Crippen molar-refractivity contribution in [2.45, 2.75) is 6.10 Å². The van der Waals surface area contributed by atoms with E-state index in [-0.39, 0.29) is 12.5 Å². The van der Waals surface area contributed by atoms with Crippen LogP contribution in [0.4, 0.5) is 0 Å². The molecule has 18 heavy (non-hydrogen) atoms. The van der Waals surface area contributed by atoms with Crippen molar-refractivity contribution < 1.29 is 14.3 Å². The number of carbonyl (C=O) groups excluding carboxylic acids is 1. The molecule has 0 bridgehead atoms. The van der Waals surface area contributed by atoms with Crippen LogP contribution >= 0.6 is 11.8 Å². The lowest BCUT2D eigenvalue weighted by molar-refractivity contribution is -0.128. The van der Waals surface area contributed by atoms with Crippen LogP contribution in [0.2, 0.25) is 0 Å². The third kappa shape index (κ3) is 2.28. The van der Waals surface area contributed by atoms with E-state index in [9.17, 15) is 4.79 Å². The molecule has 2 heterocycles. The van der Waals surface area contributed by atoms with E-state index < -0.39 is 6.10 Å². The number of nitrogens with one attached hydrogen (secondary N) is 1. The van der Waals surface area contributed by atoms with Gasteiger partial charge in [-0.3, -0.25) is 9.79 Å². The maximum atomic E-state index is 12.0. The molecule has 0 aromatic heterocycles. The SMILES string of the molecule is O=C(NC1=NCCS1)[C@@H]1COc2ccccc2O1. The first-order valence-electron chi connectivity index (χ1n) is 5.69. The third-order valence-corrected chi connectivity index (χ3v) is 3.51. The monoisotopic (exact) mass is 264 g/mol. The number of carbonyl (C=O) groups is 1. The summed E-state index contributed by atoms with van der Waals surface area (Å²) in [4.78, 5) is 16.1. The molecule has 1 aromatic carbocycles. The Morgan fingerprint density at radius 1 is 1.39 bits per heavy atom. The topological polar surface area (TPSA) is 59.9 Å². The summed E-state index contributed by atoms with van der Waals surface area (Å²) in [7, 11) is 0. The van der Waals surface area contributed by atoms with Crippen LogP contribution in [0.1, 0.15) is 0 Å². The van der Waals surface area contributed by atoms with Gasteiger partial charge in [-0.25, -0.2) is 0 Å². The molecule has 1 N–H and O–H groups in total. The van der Waals surface area contributed by atoms with Crippen LogP contribution in [0.25, 0.3) is 0 Å². The van der Waals surface area contributed by atoms with E-state index in [4.69, 9.17) is 9.47 Å². The van der Waals surface area contributed by atoms with Gasteiger partial charge in [0.2, 0.25) is 6.10 Å². The number of amidine groups is 1. The molecule has 1 amide bonds. The summed E-state index contributed by atoms with van der Waals surface area (Å²) < 4.78 is 11.1. The predicted molar refractivity (Wildman–Crippen MR) is 69.3 cm³/mol. The van der Waals surface area contributed by atoms with Crippen molar-refractivity contribution in [1.29, 1.82) is 0 Å². The van der Waals surface area contributed by atoms with Crippen molar-refractivity contribution in [3.63, 3.8) is 0 Å². The van der Waals surface area contributed by atoms with E-state index in [0.717, 1.165) is 12.3 Å². The fourth-order valence-electron chi connectivity index (χ4n) is 1.75. The van der Waals surface area contributed by atoms with Crippen molar-refractivity contribution in [2.75, 3.05) is 18.9 Å². The van der Waals surface area contributed by atoms with E-state index in [1.807, 2.05) is 18.2 Å². The predicted octanol–water partition coefficient (Wildman–Crippen LogP) is 1.05. The second-order valence-corrected chi connectivity index (χ2v) is 4.97. The molecule has 0 spiro atoms. The fraction of sp³-hybridized carbons (Fsp3) is 0.333. The van der Waals surface area contributed by atoms with Gasteiger partial charge in [0.1, 0.15) is 6.61 Å². The first kappa shape index (κ1) is 11.4. The van der Waals surface area contributed by atoms with Gasteiger partial charge in [0.05, 0.1) is 6.54 Å². The highest BCUT2D eigenvalue weighted by atomic mass is 32.2. The number of aliphatic imine (C=N–C) groups is 1. The van der Waals surface area contributed by atoms with E-state index in [0.29, 0.717) is 16.7 Å². The Balaban J connectivity index is 1.66. The van der Waals surface area contributed by atoms with Crippen LogP contribution in [0.15, 0.2) is 29.3 Å². The zero-order chi connectivity index (χ0) is 12.4. The van der Waals surface area contributed by atoms with Crippen molar-refractivity contribution in [2.24, 2.45) is 4.99 Å². The standard InChI is InChI=1S/C12H12N2O3S/c15-11(14-12-13-5-6-18-12)10-7-16-8-3-1-2-4-9(8)17-10/h1-4,10H,5-7H2,(H,13,14,15)/t10-/m0/s1. The Hall–Kier alpha value is -1.69. The zero-order valence-electron chi connectivity index (χ0n) is 9.59. The molecular weight excluding hydrogens is 252 g/mol. The summed E-state index contributed by atoms with van der Waals surface area (Å²) in [5, 5.41) is 3.42. The van der Waals surface area contributed by atoms with Gasteiger partial charge in [0.15, 0.2) is 16.7 Å². The number of hydrogen-bond acceptors (Lipinski definition) is 5. The molecule has 5 nitrogen and oxygen atoms in total. The van der Waals surface area contributed by atoms with E-state index in [1.54, 1.807) is 17.8 Å². The third-order valence-electron chi connectivity index (χ3n) is 2.62. The van der Waals surface area contributed by atoms with Crippen LogP contribution in [0.5, 0.6) is 11.5 Å². The van der Waals surface area contributed by atoms with Gasteiger partial charge in [-0.1, -0.05) is 23.9 Å². The summed E-state index contributed by atoms with van der Waals surface area (Å²) in [6.45, 7) is 0.978. The highest BCUT2D eigenvalue weighted by Crippen LogP contribution is 2.30. The Kier molecular flexibility index (Phi) is 3.10. The minimum Gasteiger partial charge on any atom is -0.485 e. The molecule has 2 aliphatic heterocycles. The summed E-state index contributed by atoms with van der Waals surface area (Å²) in [6, 6.07) is 7.32. The van der Waals surface area contributed by atoms with Crippen molar-refractivity contribution in [3.8, 4) is 11.5 Å². The Bertz CT molecular complexity index is 504. The van der Waals surface area contributed by atoms with Gasteiger partial charge < -0.3 is 14.8 Å². The maximum Gasteiger partial charge on any atom is 0.270 e. The van der Waals surface area contributed by atoms with Crippen LogP contribution in [-0.4, -0.2) is 36.1 Å². The number of fused-ring (bicyclic) bond motifs is 1. The van der Waals surface area contributed by atoms with Crippen molar-refractivity contribution in [3.05, 3.63) is 24.3 Å². The van der Waals surface area contributed by atoms with Crippen molar-refractivity contribution in [1.82, 2.24) is 5.32 Å². The van der Waals surface area contributed by atoms with Crippen LogP contribution in [-0.2, 0) is 4.79 Å². The molecule has 2 aliphatic rings. The number of rotatable bonds is 1. The maximum absolute atomic E-state index is 12.0.